The average molecular weight is 922 g/mol. The molecule has 1 radical (unpaired) electrons. The maximum atomic E-state index is 9.94. The van der Waals surface area contributed by atoms with Gasteiger partial charge < -0.3 is 13.4 Å². The van der Waals surface area contributed by atoms with Crippen LogP contribution in [0.25, 0.3) is 88.3 Å². The van der Waals surface area contributed by atoms with E-state index in [1.807, 2.05) is 41.2 Å². The van der Waals surface area contributed by atoms with Crippen LogP contribution in [0.2, 0.25) is 0 Å². The molecule has 0 saturated heterocycles. The molecule has 281 valence electrons. The topological polar surface area (TPSA) is 98.0 Å². The number of rotatable bonds is 7. The fraction of sp³-hybridized carbons (Fsp3) is 0.188. The fourth-order valence-corrected chi connectivity index (χ4v) is 7.75. The monoisotopic (exact) mass is 922 g/mol. The molecule has 0 atom stereocenters. The van der Waals surface area contributed by atoms with Gasteiger partial charge >= 0.3 is 0 Å². The Kier molecular flexibility index (Phi) is 9.62. The Morgan fingerprint density at radius 1 is 0.737 bits per heavy atom. The van der Waals surface area contributed by atoms with E-state index in [9.17, 15) is 5.26 Å². The van der Waals surface area contributed by atoms with Gasteiger partial charge in [0, 0.05) is 66.3 Å². The number of fused-ring (bicyclic) bond motifs is 6. The first-order valence-corrected chi connectivity index (χ1v) is 18.8. The van der Waals surface area contributed by atoms with Crippen molar-refractivity contribution >= 4 is 49.8 Å². The van der Waals surface area contributed by atoms with Crippen LogP contribution in [-0.4, -0.2) is 19.5 Å². The van der Waals surface area contributed by atoms with Crippen LogP contribution in [0.5, 0.6) is 0 Å². The van der Waals surface area contributed by atoms with Crippen molar-refractivity contribution in [3.8, 4) is 45.4 Å². The molecule has 0 N–H and O–H groups in total. The molecule has 9 rings (SSSR count). The van der Waals surface area contributed by atoms with Crippen LogP contribution in [-0.2, 0) is 20.1 Å². The number of furan rings is 2. The zero-order chi connectivity index (χ0) is 38.8. The Labute approximate surface area is 344 Å². The van der Waals surface area contributed by atoms with E-state index in [2.05, 4.69) is 94.9 Å². The average Bonchev–Trinajstić information content (AvgIpc) is 3.93. The van der Waals surface area contributed by atoms with Gasteiger partial charge in [0.15, 0.2) is 11.2 Å². The number of imidazole rings is 1. The van der Waals surface area contributed by atoms with Crippen molar-refractivity contribution in [3.05, 3.63) is 137 Å². The zero-order valence-electron chi connectivity index (χ0n) is 32.3. The van der Waals surface area contributed by atoms with Crippen molar-refractivity contribution in [2.45, 2.75) is 59.3 Å². The summed E-state index contributed by atoms with van der Waals surface area (Å²) < 4.78 is 15.1. The van der Waals surface area contributed by atoms with Crippen molar-refractivity contribution in [1.82, 2.24) is 19.5 Å². The number of benzene rings is 4. The van der Waals surface area contributed by atoms with Gasteiger partial charge in [-0.25, -0.2) is 0 Å². The molecule has 0 aliphatic carbocycles. The zero-order valence-corrected chi connectivity index (χ0v) is 34.7. The molecule has 0 aliphatic rings. The van der Waals surface area contributed by atoms with E-state index in [1.54, 1.807) is 24.4 Å². The maximum absolute atomic E-state index is 9.94. The second-order valence-corrected chi connectivity index (χ2v) is 15.2. The van der Waals surface area contributed by atoms with E-state index in [0.29, 0.717) is 34.3 Å². The summed E-state index contributed by atoms with van der Waals surface area (Å²) in [6.45, 7) is 20.7. The summed E-state index contributed by atoms with van der Waals surface area (Å²) >= 11 is 0. The van der Waals surface area contributed by atoms with Crippen LogP contribution in [0.15, 0.2) is 106 Å². The van der Waals surface area contributed by atoms with Gasteiger partial charge in [-0.05, 0) is 94.1 Å². The molecule has 9 heteroatoms. The summed E-state index contributed by atoms with van der Waals surface area (Å²) in [5.41, 5.74) is 14.4. The summed E-state index contributed by atoms with van der Waals surface area (Å²) in [6, 6.07) is 31.8. The van der Waals surface area contributed by atoms with E-state index < -0.39 is 0 Å². The Morgan fingerprint density at radius 2 is 1.35 bits per heavy atom. The van der Waals surface area contributed by atoms with E-state index in [-0.39, 0.29) is 31.9 Å². The molecule has 5 heterocycles. The molecule has 57 heavy (non-hydrogen) atoms. The number of nitrogens with zero attached hydrogens (tertiary/aromatic N) is 6. The van der Waals surface area contributed by atoms with Crippen molar-refractivity contribution in [2.24, 2.45) is 0 Å². The van der Waals surface area contributed by atoms with Gasteiger partial charge in [-0.1, -0.05) is 53.7 Å². The molecule has 0 bridgehead atoms. The van der Waals surface area contributed by atoms with Crippen LogP contribution in [0, 0.1) is 24.0 Å². The second-order valence-electron chi connectivity index (χ2n) is 15.2. The number of aromatic nitrogens is 4. The summed E-state index contributed by atoms with van der Waals surface area (Å²) in [5, 5.41) is 11.9. The first-order chi connectivity index (χ1) is 27.1. The van der Waals surface area contributed by atoms with Gasteiger partial charge in [0.05, 0.1) is 12.4 Å². The number of hydrogen-bond acceptors (Lipinski definition) is 6. The molecule has 0 spiro atoms. The molecule has 9 aromatic rings. The Hall–Kier alpha value is -6.38. The molecule has 0 aliphatic heterocycles. The normalized spacial score (nSPS) is 11.6. The molecular formula is C48H37IrN6O2-. The first-order valence-electron chi connectivity index (χ1n) is 18.8. The van der Waals surface area contributed by atoms with Crippen molar-refractivity contribution in [1.29, 1.82) is 5.26 Å². The van der Waals surface area contributed by atoms with Gasteiger partial charge in [0.1, 0.15) is 39.6 Å². The molecule has 0 saturated carbocycles. The largest absolute Gasteiger partial charge is 0.454 e. The number of nitriles is 1. The summed E-state index contributed by atoms with van der Waals surface area (Å²) in [5.74, 6) is 1.24. The molecule has 8 nitrogen and oxygen atoms in total. The SMILES string of the molecule is [C-]#[N+]c1cc[c-]c(-c2nc(C#N)cn2-c2c(C(C)C)cc(-c3ccc4oc5c(-c6ccnc7c6oc6ccc(C(C)C)cc67)ccnc5c4c3)cc2C(C)C)c1.[Ir]. The molecular weight excluding hydrogens is 885 g/mol. The standard InChI is InChI=1S/C48H37N6O2.Ir/c1-26(2)29-11-13-41-39(20-29)43-46(55-41)35(15-17-51-43)36-16-18-52-44-40-21-30(12-14-42(40)56-47(36)44)32-22-37(27(3)4)45(38(23-32)28(5)6)54-25-34(24-49)53-48(54)31-9-8-10-33(19-31)50-7;/h8,10-23,25-28H,1-6H3;/q-1;. The van der Waals surface area contributed by atoms with Crippen LogP contribution in [0.3, 0.4) is 0 Å². The summed E-state index contributed by atoms with van der Waals surface area (Å²) in [4.78, 5) is 17.9. The Morgan fingerprint density at radius 3 is 1.93 bits per heavy atom. The predicted molar refractivity (Wildman–Crippen MR) is 222 cm³/mol. The number of pyridine rings is 2. The maximum Gasteiger partial charge on any atom is 0.161 e. The van der Waals surface area contributed by atoms with Crippen LogP contribution < -0.4 is 0 Å². The fourth-order valence-electron chi connectivity index (χ4n) is 7.75. The van der Waals surface area contributed by atoms with Crippen LogP contribution >= 0.6 is 0 Å². The third kappa shape index (κ3) is 6.30. The third-order valence-corrected chi connectivity index (χ3v) is 10.6. The Balaban J connectivity index is 0.00000455. The van der Waals surface area contributed by atoms with Gasteiger partial charge in [-0.2, -0.15) is 11.3 Å². The first kappa shape index (κ1) is 37.5. The van der Waals surface area contributed by atoms with Gasteiger partial charge in [-0.15, -0.1) is 23.8 Å². The molecule has 5 aromatic heterocycles. The van der Waals surface area contributed by atoms with Gasteiger partial charge in [0.2, 0.25) is 0 Å². The summed E-state index contributed by atoms with van der Waals surface area (Å²) in [6.07, 6.45) is 5.45. The van der Waals surface area contributed by atoms with E-state index in [0.717, 1.165) is 77.6 Å². The minimum Gasteiger partial charge on any atom is -0.454 e. The van der Waals surface area contributed by atoms with Gasteiger partial charge in [0.25, 0.3) is 0 Å². The molecule has 0 fully saturated rings. The Bertz CT molecular complexity index is 3090. The van der Waals surface area contributed by atoms with Crippen molar-refractivity contribution in [3.63, 3.8) is 0 Å². The van der Waals surface area contributed by atoms with Gasteiger partial charge in [-0.3, -0.25) is 19.8 Å². The molecule has 0 unspecified atom stereocenters. The van der Waals surface area contributed by atoms with Crippen LogP contribution in [0.4, 0.5) is 5.69 Å². The van der Waals surface area contributed by atoms with Crippen LogP contribution in [0.1, 0.15) is 81.7 Å². The molecule has 0 amide bonds. The smallest absolute Gasteiger partial charge is 0.161 e. The third-order valence-electron chi connectivity index (χ3n) is 10.6. The van der Waals surface area contributed by atoms with E-state index in [4.69, 9.17) is 30.4 Å². The minimum atomic E-state index is 0. The van der Waals surface area contributed by atoms with Crippen molar-refractivity contribution < 1.29 is 28.9 Å². The molecule has 4 aromatic carbocycles. The van der Waals surface area contributed by atoms with E-state index in [1.165, 1.54) is 5.56 Å². The minimum absolute atomic E-state index is 0. The quantitative estimate of drug-likeness (QED) is 0.148. The van der Waals surface area contributed by atoms with E-state index >= 15 is 0 Å². The predicted octanol–water partition coefficient (Wildman–Crippen LogP) is 13.1. The summed E-state index contributed by atoms with van der Waals surface area (Å²) in [7, 11) is 0. The van der Waals surface area contributed by atoms with Crippen molar-refractivity contribution in [2.75, 3.05) is 0 Å². The second kappa shape index (κ2) is 14.6. The number of hydrogen-bond donors (Lipinski definition) is 0.